The molecule has 1 rings (SSSR count). The summed E-state index contributed by atoms with van der Waals surface area (Å²) < 4.78 is 0. The average Bonchev–Trinajstić information content (AvgIpc) is 2.64. The minimum atomic E-state index is -0.240. The third kappa shape index (κ3) is 2.35. The molecule has 0 unspecified atom stereocenters. The van der Waals surface area contributed by atoms with Crippen LogP contribution in [-0.2, 0) is 6.42 Å². The van der Waals surface area contributed by atoms with Gasteiger partial charge in [0.25, 0.3) is 0 Å². The van der Waals surface area contributed by atoms with Crippen LogP contribution in [0.2, 0.25) is 0 Å². The van der Waals surface area contributed by atoms with Crippen LogP contribution in [0.5, 0.6) is 0 Å². The predicted octanol–water partition coefficient (Wildman–Crippen LogP) is 2.33. The van der Waals surface area contributed by atoms with Gasteiger partial charge in [0.1, 0.15) is 0 Å². The molecule has 0 saturated carbocycles. The Morgan fingerprint density at radius 3 is 2.57 bits per heavy atom. The maximum Gasteiger partial charge on any atom is 0.0500 e. The van der Waals surface area contributed by atoms with Crippen LogP contribution < -0.4 is 5.73 Å². The molecular weight excluding hydrogens is 194 g/mol. The topological polar surface area (TPSA) is 46.2 Å². The van der Waals surface area contributed by atoms with Crippen LogP contribution in [-0.4, -0.2) is 11.7 Å². The molecule has 0 radical (unpaired) electrons. The van der Waals surface area contributed by atoms with E-state index in [-0.39, 0.29) is 18.1 Å². The lowest BCUT2D eigenvalue weighted by atomic mass is 9.85. The van der Waals surface area contributed by atoms with E-state index >= 15 is 0 Å². The molecule has 3 heteroatoms. The molecule has 0 fully saturated rings. The molecule has 0 saturated heterocycles. The van der Waals surface area contributed by atoms with E-state index < -0.39 is 0 Å². The summed E-state index contributed by atoms with van der Waals surface area (Å²) in [5, 5.41) is 9.21. The highest BCUT2D eigenvalue weighted by molar-refractivity contribution is 7.12. The number of thiophene rings is 1. The summed E-state index contributed by atoms with van der Waals surface area (Å²) in [6.45, 7) is 6.23. The van der Waals surface area contributed by atoms with Gasteiger partial charge in [-0.15, -0.1) is 11.3 Å². The van der Waals surface area contributed by atoms with Crippen LogP contribution in [0.1, 0.15) is 36.6 Å². The second kappa shape index (κ2) is 4.43. The quantitative estimate of drug-likeness (QED) is 0.806. The van der Waals surface area contributed by atoms with Gasteiger partial charge in [-0.05, 0) is 18.6 Å². The second-order valence-corrected chi connectivity index (χ2v) is 5.48. The molecule has 14 heavy (non-hydrogen) atoms. The number of aliphatic hydroxyl groups excluding tert-OH is 1. The van der Waals surface area contributed by atoms with Crippen molar-refractivity contribution in [2.24, 2.45) is 11.1 Å². The summed E-state index contributed by atoms with van der Waals surface area (Å²) in [6.07, 6.45) is 1.05. The Labute approximate surface area is 89.8 Å². The van der Waals surface area contributed by atoms with Crippen molar-refractivity contribution in [1.29, 1.82) is 0 Å². The van der Waals surface area contributed by atoms with Gasteiger partial charge in [-0.1, -0.05) is 20.8 Å². The van der Waals surface area contributed by atoms with Crippen molar-refractivity contribution in [3.05, 3.63) is 21.9 Å². The fourth-order valence-electron chi connectivity index (χ4n) is 1.24. The summed E-state index contributed by atoms with van der Waals surface area (Å²) in [6, 6.07) is 4.12. The Bertz CT molecular complexity index is 293. The van der Waals surface area contributed by atoms with Crippen LogP contribution >= 0.6 is 11.3 Å². The molecule has 1 atom stereocenters. The first kappa shape index (κ1) is 11.7. The molecule has 0 amide bonds. The third-order valence-corrected chi connectivity index (χ3v) is 3.90. The van der Waals surface area contributed by atoms with Crippen molar-refractivity contribution in [3.63, 3.8) is 0 Å². The monoisotopic (exact) mass is 213 g/mol. The minimum absolute atomic E-state index is 0.0715. The number of aryl methyl sites for hydroxylation is 1. The molecular formula is C11H19NOS. The van der Waals surface area contributed by atoms with Gasteiger partial charge in [0, 0.05) is 21.2 Å². The Morgan fingerprint density at radius 2 is 2.14 bits per heavy atom. The fourth-order valence-corrected chi connectivity index (χ4v) is 2.40. The Kier molecular flexibility index (Phi) is 3.70. The number of hydrogen-bond donors (Lipinski definition) is 2. The SMILES string of the molecule is CCc1ccc([C@@H](N)C(C)(C)CO)s1. The molecule has 0 bridgehead atoms. The predicted molar refractivity (Wildman–Crippen MR) is 61.5 cm³/mol. The summed E-state index contributed by atoms with van der Waals surface area (Å²) in [5.41, 5.74) is 5.86. The first-order valence-electron chi connectivity index (χ1n) is 4.96. The van der Waals surface area contributed by atoms with E-state index in [4.69, 9.17) is 5.73 Å². The van der Waals surface area contributed by atoms with Crippen molar-refractivity contribution in [3.8, 4) is 0 Å². The zero-order valence-electron chi connectivity index (χ0n) is 9.08. The Morgan fingerprint density at radius 1 is 1.50 bits per heavy atom. The summed E-state index contributed by atoms with van der Waals surface area (Å²) in [7, 11) is 0. The van der Waals surface area contributed by atoms with Gasteiger partial charge in [-0.2, -0.15) is 0 Å². The van der Waals surface area contributed by atoms with Crippen LogP contribution in [0.3, 0.4) is 0 Å². The Hall–Kier alpha value is -0.380. The molecule has 0 aliphatic rings. The van der Waals surface area contributed by atoms with Gasteiger partial charge in [0.15, 0.2) is 0 Å². The van der Waals surface area contributed by atoms with E-state index in [0.717, 1.165) is 6.42 Å². The largest absolute Gasteiger partial charge is 0.396 e. The van der Waals surface area contributed by atoms with E-state index in [1.54, 1.807) is 11.3 Å². The van der Waals surface area contributed by atoms with E-state index in [2.05, 4.69) is 19.1 Å². The van der Waals surface area contributed by atoms with Crippen molar-refractivity contribution in [2.45, 2.75) is 33.2 Å². The van der Waals surface area contributed by atoms with E-state index in [1.807, 2.05) is 13.8 Å². The Balaban J connectivity index is 2.83. The van der Waals surface area contributed by atoms with E-state index in [9.17, 15) is 5.11 Å². The zero-order valence-corrected chi connectivity index (χ0v) is 9.90. The molecule has 0 aliphatic heterocycles. The number of hydrogen-bond acceptors (Lipinski definition) is 3. The molecule has 0 spiro atoms. The highest BCUT2D eigenvalue weighted by Gasteiger charge is 2.27. The van der Waals surface area contributed by atoms with E-state index in [0.29, 0.717) is 0 Å². The van der Waals surface area contributed by atoms with Crippen molar-refractivity contribution < 1.29 is 5.11 Å². The first-order valence-corrected chi connectivity index (χ1v) is 5.78. The molecule has 80 valence electrons. The van der Waals surface area contributed by atoms with Crippen molar-refractivity contribution in [2.75, 3.05) is 6.61 Å². The van der Waals surface area contributed by atoms with Gasteiger partial charge in [-0.25, -0.2) is 0 Å². The third-order valence-electron chi connectivity index (χ3n) is 2.59. The molecule has 1 heterocycles. The molecule has 1 aromatic heterocycles. The van der Waals surface area contributed by atoms with E-state index in [1.165, 1.54) is 9.75 Å². The highest BCUT2D eigenvalue weighted by atomic mass is 32.1. The van der Waals surface area contributed by atoms with Crippen LogP contribution in [0, 0.1) is 5.41 Å². The highest BCUT2D eigenvalue weighted by Crippen LogP contribution is 2.34. The normalized spacial score (nSPS) is 14.4. The average molecular weight is 213 g/mol. The maximum atomic E-state index is 9.21. The zero-order chi connectivity index (χ0) is 10.8. The fraction of sp³-hybridized carbons (Fsp3) is 0.636. The van der Waals surface area contributed by atoms with Gasteiger partial charge in [-0.3, -0.25) is 0 Å². The van der Waals surface area contributed by atoms with Crippen molar-refractivity contribution >= 4 is 11.3 Å². The number of aliphatic hydroxyl groups is 1. The van der Waals surface area contributed by atoms with Crippen molar-refractivity contribution in [1.82, 2.24) is 0 Å². The smallest absolute Gasteiger partial charge is 0.0500 e. The molecule has 2 nitrogen and oxygen atoms in total. The molecule has 1 aromatic rings. The lowest BCUT2D eigenvalue weighted by Crippen LogP contribution is -2.31. The first-order chi connectivity index (χ1) is 6.51. The summed E-state index contributed by atoms with van der Waals surface area (Å²) in [5.74, 6) is 0. The lowest BCUT2D eigenvalue weighted by Gasteiger charge is -2.28. The molecule has 0 aliphatic carbocycles. The number of nitrogens with two attached hydrogens (primary N) is 1. The summed E-state index contributed by atoms with van der Waals surface area (Å²) in [4.78, 5) is 2.52. The van der Waals surface area contributed by atoms with Crippen LogP contribution in [0.25, 0.3) is 0 Å². The lowest BCUT2D eigenvalue weighted by molar-refractivity contribution is 0.133. The minimum Gasteiger partial charge on any atom is -0.396 e. The van der Waals surface area contributed by atoms with Gasteiger partial charge in [0.2, 0.25) is 0 Å². The van der Waals surface area contributed by atoms with Gasteiger partial charge >= 0.3 is 0 Å². The van der Waals surface area contributed by atoms with Crippen LogP contribution in [0.4, 0.5) is 0 Å². The molecule has 0 aromatic carbocycles. The maximum absolute atomic E-state index is 9.21. The number of rotatable bonds is 4. The van der Waals surface area contributed by atoms with Gasteiger partial charge in [0.05, 0.1) is 6.61 Å². The second-order valence-electron chi connectivity index (χ2n) is 4.28. The van der Waals surface area contributed by atoms with Crippen LogP contribution in [0.15, 0.2) is 12.1 Å². The summed E-state index contributed by atoms with van der Waals surface area (Å²) >= 11 is 1.75. The molecule has 3 N–H and O–H groups in total. The standard InChI is InChI=1S/C11H19NOS/c1-4-8-5-6-9(14-8)10(12)11(2,3)7-13/h5-6,10,13H,4,7,12H2,1-3H3/t10-/m1/s1. The van der Waals surface area contributed by atoms with Gasteiger partial charge < -0.3 is 10.8 Å².